The number of benzene rings is 1. The second kappa shape index (κ2) is 8.90. The van der Waals surface area contributed by atoms with E-state index in [1.165, 1.54) is 0 Å². The zero-order valence-corrected chi connectivity index (χ0v) is 18.4. The SMILES string of the molecule is Cc1ncc(-c2ccc(-c3ccc(N4CC[C@@H](NC5CCOCC5)C4)nn3)c(O)c2)s1. The first kappa shape index (κ1) is 20.4. The lowest BCUT2D eigenvalue weighted by Crippen LogP contribution is -2.43. The molecule has 31 heavy (non-hydrogen) atoms. The van der Waals surface area contributed by atoms with E-state index in [4.69, 9.17) is 4.74 Å². The van der Waals surface area contributed by atoms with Gasteiger partial charge in [-0.25, -0.2) is 4.98 Å². The molecule has 2 aliphatic heterocycles. The molecule has 0 bridgehead atoms. The number of rotatable bonds is 5. The monoisotopic (exact) mass is 437 g/mol. The maximum Gasteiger partial charge on any atom is 0.151 e. The van der Waals surface area contributed by atoms with Crippen LogP contribution in [0.2, 0.25) is 0 Å². The average molecular weight is 438 g/mol. The number of thiazole rings is 1. The minimum Gasteiger partial charge on any atom is -0.507 e. The number of anilines is 1. The molecule has 1 aromatic carbocycles. The Hall–Kier alpha value is -2.55. The van der Waals surface area contributed by atoms with Crippen molar-refractivity contribution >= 4 is 17.2 Å². The zero-order chi connectivity index (χ0) is 21.2. The van der Waals surface area contributed by atoms with Crippen molar-refractivity contribution in [2.75, 3.05) is 31.2 Å². The molecule has 2 aliphatic rings. The lowest BCUT2D eigenvalue weighted by Gasteiger charge is -2.26. The van der Waals surface area contributed by atoms with Gasteiger partial charge in [-0.3, -0.25) is 0 Å². The zero-order valence-electron chi connectivity index (χ0n) is 17.6. The van der Waals surface area contributed by atoms with Crippen LogP contribution in [-0.2, 0) is 4.74 Å². The summed E-state index contributed by atoms with van der Waals surface area (Å²) in [7, 11) is 0. The van der Waals surface area contributed by atoms with Crippen LogP contribution < -0.4 is 10.2 Å². The molecule has 4 heterocycles. The van der Waals surface area contributed by atoms with Crippen LogP contribution in [0, 0.1) is 6.92 Å². The molecule has 0 saturated carbocycles. The van der Waals surface area contributed by atoms with Gasteiger partial charge in [0.1, 0.15) is 5.75 Å². The fourth-order valence-corrected chi connectivity index (χ4v) is 5.11. The average Bonchev–Trinajstić information content (AvgIpc) is 3.44. The van der Waals surface area contributed by atoms with E-state index in [1.54, 1.807) is 17.4 Å². The van der Waals surface area contributed by atoms with Crippen molar-refractivity contribution in [1.29, 1.82) is 0 Å². The Morgan fingerprint density at radius 1 is 1.10 bits per heavy atom. The minimum absolute atomic E-state index is 0.201. The summed E-state index contributed by atoms with van der Waals surface area (Å²) in [6, 6.07) is 10.6. The van der Waals surface area contributed by atoms with Crippen molar-refractivity contribution < 1.29 is 9.84 Å². The molecule has 2 saturated heterocycles. The van der Waals surface area contributed by atoms with Gasteiger partial charge in [-0.1, -0.05) is 6.07 Å². The summed E-state index contributed by atoms with van der Waals surface area (Å²) in [4.78, 5) is 7.61. The lowest BCUT2D eigenvalue weighted by atomic mass is 10.1. The van der Waals surface area contributed by atoms with Crippen molar-refractivity contribution in [2.45, 2.75) is 38.3 Å². The number of aryl methyl sites for hydroxylation is 1. The van der Waals surface area contributed by atoms with Gasteiger partial charge in [0.2, 0.25) is 0 Å². The Bertz CT molecular complexity index is 1030. The Kier molecular flexibility index (Phi) is 5.85. The molecule has 0 spiro atoms. The van der Waals surface area contributed by atoms with Gasteiger partial charge in [0.25, 0.3) is 0 Å². The van der Waals surface area contributed by atoms with Gasteiger partial charge in [0.15, 0.2) is 5.82 Å². The van der Waals surface area contributed by atoms with Gasteiger partial charge in [-0.05, 0) is 56.0 Å². The van der Waals surface area contributed by atoms with Crippen LogP contribution in [0.4, 0.5) is 5.82 Å². The van der Waals surface area contributed by atoms with Crippen LogP contribution in [0.3, 0.4) is 0 Å². The predicted molar refractivity (Wildman–Crippen MR) is 123 cm³/mol. The molecular formula is C23H27N5O2S. The van der Waals surface area contributed by atoms with Crippen molar-refractivity contribution in [3.8, 4) is 27.4 Å². The fourth-order valence-electron chi connectivity index (χ4n) is 4.34. The molecule has 2 N–H and O–H groups in total. The number of aromatic hydroxyl groups is 1. The highest BCUT2D eigenvalue weighted by atomic mass is 32.1. The number of hydrogen-bond donors (Lipinski definition) is 2. The van der Waals surface area contributed by atoms with Gasteiger partial charge >= 0.3 is 0 Å². The number of hydrogen-bond acceptors (Lipinski definition) is 8. The molecule has 0 radical (unpaired) electrons. The molecule has 2 fully saturated rings. The standard InChI is InChI=1S/C23H27N5O2S/c1-15-24-13-22(31-15)16-2-3-19(21(29)12-16)20-4-5-23(27-26-20)28-9-6-18(14-28)25-17-7-10-30-11-8-17/h2-5,12-13,17-18,25,29H,6-11,14H2,1H3/t18-/m1/s1. The molecular weight excluding hydrogens is 410 g/mol. The molecule has 0 unspecified atom stereocenters. The summed E-state index contributed by atoms with van der Waals surface area (Å²) >= 11 is 1.61. The topological polar surface area (TPSA) is 83.4 Å². The van der Waals surface area contributed by atoms with E-state index in [0.717, 1.165) is 66.8 Å². The van der Waals surface area contributed by atoms with E-state index in [2.05, 4.69) is 25.4 Å². The predicted octanol–water partition coefficient (Wildman–Crippen LogP) is 3.63. The Morgan fingerprint density at radius 2 is 1.97 bits per heavy atom. The van der Waals surface area contributed by atoms with E-state index < -0.39 is 0 Å². The van der Waals surface area contributed by atoms with Crippen LogP contribution in [0.1, 0.15) is 24.3 Å². The number of aromatic nitrogens is 3. The third-order valence-corrected chi connectivity index (χ3v) is 7.00. The first-order valence-electron chi connectivity index (χ1n) is 10.8. The summed E-state index contributed by atoms with van der Waals surface area (Å²) in [5, 5.41) is 24.2. The fraction of sp³-hybridized carbons (Fsp3) is 0.435. The van der Waals surface area contributed by atoms with Crippen LogP contribution in [-0.4, -0.2) is 58.7 Å². The Labute approximate surface area is 186 Å². The second-order valence-corrected chi connectivity index (χ2v) is 9.47. The Balaban J connectivity index is 1.25. The number of nitrogens with zero attached hydrogens (tertiary/aromatic N) is 4. The minimum atomic E-state index is 0.201. The first-order chi connectivity index (χ1) is 15.2. The van der Waals surface area contributed by atoms with Gasteiger partial charge < -0.3 is 20.1 Å². The van der Waals surface area contributed by atoms with E-state index in [-0.39, 0.29) is 5.75 Å². The molecule has 2 aromatic heterocycles. The van der Waals surface area contributed by atoms with E-state index >= 15 is 0 Å². The summed E-state index contributed by atoms with van der Waals surface area (Å²) < 4.78 is 5.45. The highest BCUT2D eigenvalue weighted by molar-refractivity contribution is 7.15. The number of nitrogens with one attached hydrogen (secondary N) is 1. The van der Waals surface area contributed by atoms with Gasteiger partial charge in [-0.2, -0.15) is 0 Å². The summed E-state index contributed by atoms with van der Waals surface area (Å²) in [5.41, 5.74) is 2.31. The first-order valence-corrected chi connectivity index (χ1v) is 11.7. The van der Waals surface area contributed by atoms with E-state index in [9.17, 15) is 5.11 Å². The van der Waals surface area contributed by atoms with Gasteiger partial charge in [0.05, 0.1) is 15.6 Å². The van der Waals surface area contributed by atoms with Gasteiger partial charge in [-0.15, -0.1) is 21.5 Å². The molecule has 1 atom stereocenters. The molecule has 5 rings (SSSR count). The third-order valence-electron chi connectivity index (χ3n) is 6.03. The molecule has 0 amide bonds. The molecule has 8 heteroatoms. The molecule has 3 aromatic rings. The van der Waals surface area contributed by atoms with Crippen molar-refractivity contribution in [1.82, 2.24) is 20.5 Å². The van der Waals surface area contributed by atoms with Crippen LogP contribution in [0.25, 0.3) is 21.7 Å². The summed E-state index contributed by atoms with van der Waals surface area (Å²) in [5.74, 6) is 1.09. The molecule has 0 aliphatic carbocycles. The maximum absolute atomic E-state index is 10.6. The smallest absolute Gasteiger partial charge is 0.151 e. The normalized spacial score (nSPS) is 19.8. The highest BCUT2D eigenvalue weighted by Gasteiger charge is 2.26. The Morgan fingerprint density at radius 3 is 2.68 bits per heavy atom. The van der Waals surface area contributed by atoms with E-state index in [0.29, 0.717) is 23.3 Å². The summed E-state index contributed by atoms with van der Waals surface area (Å²) in [6.45, 7) is 5.61. The van der Waals surface area contributed by atoms with Crippen molar-refractivity contribution in [2.24, 2.45) is 0 Å². The highest BCUT2D eigenvalue weighted by Crippen LogP contribution is 2.34. The maximum atomic E-state index is 10.6. The third kappa shape index (κ3) is 4.56. The largest absolute Gasteiger partial charge is 0.507 e. The summed E-state index contributed by atoms with van der Waals surface area (Å²) in [6.07, 6.45) is 5.13. The second-order valence-electron chi connectivity index (χ2n) is 8.24. The number of phenols is 1. The van der Waals surface area contributed by atoms with Gasteiger partial charge in [0, 0.05) is 50.1 Å². The van der Waals surface area contributed by atoms with Crippen LogP contribution >= 0.6 is 11.3 Å². The van der Waals surface area contributed by atoms with Crippen molar-refractivity contribution in [3.63, 3.8) is 0 Å². The van der Waals surface area contributed by atoms with Crippen LogP contribution in [0.15, 0.2) is 36.5 Å². The number of phenolic OH excluding ortho intramolecular Hbond substituents is 1. The van der Waals surface area contributed by atoms with E-state index in [1.807, 2.05) is 37.4 Å². The molecule has 162 valence electrons. The van der Waals surface area contributed by atoms with Crippen molar-refractivity contribution in [3.05, 3.63) is 41.5 Å². The quantitative estimate of drug-likeness (QED) is 0.631. The van der Waals surface area contributed by atoms with Crippen LogP contribution in [0.5, 0.6) is 5.75 Å². The number of ether oxygens (including phenoxy) is 1. The molecule has 7 nitrogen and oxygen atoms in total. The lowest BCUT2D eigenvalue weighted by molar-refractivity contribution is 0.0755.